The van der Waals surface area contributed by atoms with Gasteiger partial charge in [0.15, 0.2) is 0 Å². The molecule has 1 amide bonds. The molecule has 1 aromatic rings. The summed E-state index contributed by atoms with van der Waals surface area (Å²) >= 11 is 0. The van der Waals surface area contributed by atoms with Crippen molar-refractivity contribution in [1.29, 1.82) is 0 Å². The molecular formula is C17H23NO4. The van der Waals surface area contributed by atoms with Crippen LogP contribution < -0.4 is 5.32 Å². The number of nitrogens with one attached hydrogen (secondary N) is 1. The Kier molecular flexibility index (Phi) is 3.94. The van der Waals surface area contributed by atoms with Crippen molar-refractivity contribution in [3.05, 3.63) is 29.8 Å². The number of carboxylic acid groups (broad SMARTS) is 1. The fourth-order valence-corrected chi connectivity index (χ4v) is 2.95. The van der Waals surface area contributed by atoms with Crippen molar-refractivity contribution in [2.45, 2.75) is 46.1 Å². The van der Waals surface area contributed by atoms with Crippen LogP contribution in [0.15, 0.2) is 24.3 Å². The number of hydrogen-bond acceptors (Lipinski definition) is 3. The summed E-state index contributed by atoms with van der Waals surface area (Å²) in [5.74, 6) is -1.20. The maximum absolute atomic E-state index is 11.8. The maximum Gasteiger partial charge on any atom is 0.412 e. The standard InChI is InChI=1S/C17H23NO4/c1-16(2,3)22-15(21)18-11-8-6-7-10(9-11)12-13(14(19)20)17(12,4)5/h6-9,12-13H,1-5H3,(H,18,21)(H,19,20). The molecule has 1 saturated carbocycles. The summed E-state index contributed by atoms with van der Waals surface area (Å²) in [6, 6.07) is 7.29. The van der Waals surface area contributed by atoms with E-state index >= 15 is 0 Å². The largest absolute Gasteiger partial charge is 0.481 e. The van der Waals surface area contributed by atoms with E-state index in [2.05, 4.69) is 5.32 Å². The third kappa shape index (κ3) is 3.40. The van der Waals surface area contributed by atoms with Gasteiger partial charge in [0.25, 0.3) is 0 Å². The Morgan fingerprint density at radius 2 is 1.91 bits per heavy atom. The van der Waals surface area contributed by atoms with E-state index in [0.29, 0.717) is 5.69 Å². The third-order valence-electron chi connectivity index (χ3n) is 3.98. The van der Waals surface area contributed by atoms with E-state index in [1.54, 1.807) is 26.8 Å². The highest BCUT2D eigenvalue weighted by molar-refractivity contribution is 5.85. The van der Waals surface area contributed by atoms with E-state index in [1.807, 2.05) is 32.0 Å². The number of benzene rings is 1. The van der Waals surface area contributed by atoms with Gasteiger partial charge in [0.05, 0.1) is 5.92 Å². The topological polar surface area (TPSA) is 75.6 Å². The quantitative estimate of drug-likeness (QED) is 0.889. The zero-order valence-corrected chi connectivity index (χ0v) is 13.6. The van der Waals surface area contributed by atoms with Crippen LogP contribution in [0.1, 0.15) is 46.1 Å². The van der Waals surface area contributed by atoms with Crippen LogP contribution in [0.2, 0.25) is 0 Å². The Morgan fingerprint density at radius 3 is 2.41 bits per heavy atom. The summed E-state index contributed by atoms with van der Waals surface area (Å²) in [5, 5.41) is 12.0. The number of carbonyl (C=O) groups excluding carboxylic acids is 1. The van der Waals surface area contributed by atoms with Gasteiger partial charge in [-0.1, -0.05) is 26.0 Å². The van der Waals surface area contributed by atoms with E-state index in [-0.39, 0.29) is 17.3 Å². The molecule has 2 atom stereocenters. The minimum absolute atomic E-state index is 0.0367. The Morgan fingerprint density at radius 1 is 1.27 bits per heavy atom. The number of anilines is 1. The van der Waals surface area contributed by atoms with Crippen molar-refractivity contribution < 1.29 is 19.4 Å². The minimum Gasteiger partial charge on any atom is -0.481 e. The molecule has 5 heteroatoms. The van der Waals surface area contributed by atoms with Crippen LogP contribution in [0.3, 0.4) is 0 Å². The summed E-state index contributed by atoms with van der Waals surface area (Å²) < 4.78 is 5.21. The average Bonchev–Trinajstić information content (AvgIpc) is 2.90. The van der Waals surface area contributed by atoms with Gasteiger partial charge in [-0.25, -0.2) is 4.79 Å². The highest BCUT2D eigenvalue weighted by Crippen LogP contribution is 2.64. The number of carboxylic acids is 1. The number of hydrogen-bond donors (Lipinski definition) is 2. The summed E-state index contributed by atoms with van der Waals surface area (Å²) in [5.41, 5.74) is 0.704. The van der Waals surface area contributed by atoms with Crippen LogP contribution in [0.5, 0.6) is 0 Å². The van der Waals surface area contributed by atoms with Crippen LogP contribution in [0, 0.1) is 11.3 Å². The first-order valence-electron chi connectivity index (χ1n) is 7.35. The molecule has 2 rings (SSSR count). The number of amides is 1. The fourth-order valence-electron chi connectivity index (χ4n) is 2.95. The molecule has 120 valence electrons. The van der Waals surface area contributed by atoms with Gasteiger partial charge >= 0.3 is 12.1 Å². The lowest BCUT2D eigenvalue weighted by Crippen LogP contribution is -2.27. The van der Waals surface area contributed by atoms with Crippen molar-refractivity contribution >= 4 is 17.7 Å². The Labute approximate surface area is 130 Å². The smallest absolute Gasteiger partial charge is 0.412 e. The lowest BCUT2D eigenvalue weighted by Gasteiger charge is -2.19. The first-order chi connectivity index (χ1) is 10.0. The van der Waals surface area contributed by atoms with E-state index in [9.17, 15) is 14.7 Å². The fraction of sp³-hybridized carbons (Fsp3) is 0.529. The van der Waals surface area contributed by atoms with Crippen molar-refractivity contribution in [1.82, 2.24) is 0 Å². The van der Waals surface area contributed by atoms with Crippen LogP contribution in [0.4, 0.5) is 10.5 Å². The van der Waals surface area contributed by atoms with E-state index in [1.165, 1.54) is 0 Å². The monoisotopic (exact) mass is 305 g/mol. The lowest BCUT2D eigenvalue weighted by molar-refractivity contribution is -0.139. The number of ether oxygens (including phenoxy) is 1. The first-order valence-corrected chi connectivity index (χ1v) is 7.35. The van der Waals surface area contributed by atoms with Crippen LogP contribution in [-0.2, 0) is 9.53 Å². The molecule has 0 bridgehead atoms. The van der Waals surface area contributed by atoms with Crippen LogP contribution in [-0.4, -0.2) is 22.8 Å². The molecule has 0 heterocycles. The van der Waals surface area contributed by atoms with Gasteiger partial charge in [-0.2, -0.15) is 0 Å². The van der Waals surface area contributed by atoms with Gasteiger partial charge in [-0.05, 0) is 43.9 Å². The van der Waals surface area contributed by atoms with Gasteiger partial charge in [0.1, 0.15) is 5.60 Å². The normalized spacial score (nSPS) is 22.8. The van der Waals surface area contributed by atoms with E-state index < -0.39 is 17.7 Å². The van der Waals surface area contributed by atoms with Crippen molar-refractivity contribution in [3.8, 4) is 0 Å². The molecular weight excluding hydrogens is 282 g/mol. The predicted molar refractivity (Wildman–Crippen MR) is 83.9 cm³/mol. The van der Waals surface area contributed by atoms with Crippen LogP contribution >= 0.6 is 0 Å². The Balaban J connectivity index is 2.12. The molecule has 0 saturated heterocycles. The van der Waals surface area contributed by atoms with Gasteiger partial charge < -0.3 is 9.84 Å². The highest BCUT2D eigenvalue weighted by atomic mass is 16.6. The summed E-state index contributed by atoms with van der Waals surface area (Å²) in [6.07, 6.45) is -0.519. The van der Waals surface area contributed by atoms with Gasteiger partial charge in [-0.15, -0.1) is 0 Å². The molecule has 0 radical (unpaired) electrons. The summed E-state index contributed by atoms with van der Waals surface area (Å²) in [4.78, 5) is 23.1. The molecule has 5 nitrogen and oxygen atoms in total. The average molecular weight is 305 g/mol. The second kappa shape index (κ2) is 5.30. The van der Waals surface area contributed by atoms with Gasteiger partial charge in [0.2, 0.25) is 0 Å². The number of carbonyl (C=O) groups is 2. The molecule has 0 spiro atoms. The zero-order chi connectivity index (χ0) is 16.7. The van der Waals surface area contributed by atoms with Gasteiger partial charge in [0, 0.05) is 11.6 Å². The Hall–Kier alpha value is -2.04. The molecule has 0 aromatic heterocycles. The first kappa shape index (κ1) is 16.3. The minimum atomic E-state index is -0.777. The molecule has 1 aromatic carbocycles. The van der Waals surface area contributed by atoms with Crippen molar-refractivity contribution in [2.24, 2.45) is 11.3 Å². The van der Waals surface area contributed by atoms with Crippen molar-refractivity contribution in [3.63, 3.8) is 0 Å². The molecule has 0 aliphatic heterocycles. The second-order valence-corrected chi connectivity index (χ2v) is 7.37. The van der Waals surface area contributed by atoms with Crippen molar-refractivity contribution in [2.75, 3.05) is 5.32 Å². The molecule has 22 heavy (non-hydrogen) atoms. The maximum atomic E-state index is 11.8. The summed E-state index contributed by atoms with van der Waals surface area (Å²) in [6.45, 7) is 9.29. The summed E-state index contributed by atoms with van der Waals surface area (Å²) in [7, 11) is 0. The third-order valence-corrected chi connectivity index (χ3v) is 3.98. The number of rotatable bonds is 3. The van der Waals surface area contributed by atoms with Gasteiger partial charge in [-0.3, -0.25) is 10.1 Å². The zero-order valence-electron chi connectivity index (χ0n) is 13.6. The molecule has 1 aliphatic rings. The molecule has 2 N–H and O–H groups in total. The lowest BCUT2D eigenvalue weighted by atomic mass is 10.0. The molecule has 2 unspecified atom stereocenters. The Bertz CT molecular complexity index is 601. The second-order valence-electron chi connectivity index (χ2n) is 7.37. The predicted octanol–water partition coefficient (Wildman–Crippen LogP) is 3.86. The van der Waals surface area contributed by atoms with E-state index in [4.69, 9.17) is 4.74 Å². The molecule has 1 fully saturated rings. The number of aliphatic carboxylic acids is 1. The SMILES string of the molecule is CC(C)(C)OC(=O)Nc1cccc(C2C(C(=O)O)C2(C)C)c1. The molecule has 1 aliphatic carbocycles. The highest BCUT2D eigenvalue weighted by Gasteiger charge is 2.62. The van der Waals surface area contributed by atoms with E-state index in [0.717, 1.165) is 5.56 Å². The van der Waals surface area contributed by atoms with Crippen LogP contribution in [0.25, 0.3) is 0 Å².